The highest BCUT2D eigenvalue weighted by atomic mass is 16.5. The molecule has 0 radical (unpaired) electrons. The SMILES string of the molecule is COc1cccc(NC(=O)NC[C@H]2O[C@H](Cc3cc(-c4ccccc4)on3)CC[C@@H]2O)c1. The zero-order valence-corrected chi connectivity index (χ0v) is 17.9. The Morgan fingerprint density at radius 2 is 2.00 bits per heavy atom. The molecule has 1 aliphatic rings. The van der Waals surface area contributed by atoms with Gasteiger partial charge in [-0.05, 0) is 25.0 Å². The van der Waals surface area contributed by atoms with E-state index in [1.165, 1.54) is 0 Å². The molecule has 3 N–H and O–H groups in total. The summed E-state index contributed by atoms with van der Waals surface area (Å²) in [6.07, 6.45) is 0.639. The van der Waals surface area contributed by atoms with Gasteiger partial charge in [0, 0.05) is 36.3 Å². The van der Waals surface area contributed by atoms with Gasteiger partial charge in [-0.3, -0.25) is 0 Å². The van der Waals surface area contributed by atoms with Crippen LogP contribution in [0.4, 0.5) is 10.5 Å². The minimum atomic E-state index is -0.638. The molecule has 8 heteroatoms. The summed E-state index contributed by atoms with van der Waals surface area (Å²) in [7, 11) is 1.57. The summed E-state index contributed by atoms with van der Waals surface area (Å²) in [6, 6.07) is 18.4. The normalized spacial score (nSPS) is 20.5. The number of hydrogen-bond acceptors (Lipinski definition) is 6. The lowest BCUT2D eigenvalue weighted by molar-refractivity contribution is -0.113. The third-order valence-corrected chi connectivity index (χ3v) is 5.43. The van der Waals surface area contributed by atoms with Gasteiger partial charge in [0.1, 0.15) is 11.9 Å². The Hall–Kier alpha value is -3.36. The number of rotatable bonds is 7. The van der Waals surface area contributed by atoms with E-state index in [0.29, 0.717) is 36.5 Å². The lowest BCUT2D eigenvalue weighted by Gasteiger charge is -2.33. The monoisotopic (exact) mass is 437 g/mol. The van der Waals surface area contributed by atoms with Gasteiger partial charge in [-0.25, -0.2) is 4.79 Å². The average molecular weight is 437 g/mol. The number of amides is 2. The van der Waals surface area contributed by atoms with Gasteiger partial charge in [-0.1, -0.05) is 41.6 Å². The molecule has 0 spiro atoms. The number of aromatic nitrogens is 1. The number of ether oxygens (including phenoxy) is 2. The first-order chi connectivity index (χ1) is 15.6. The number of hydrogen-bond donors (Lipinski definition) is 3. The number of carbonyl (C=O) groups is 1. The Morgan fingerprint density at radius 3 is 2.81 bits per heavy atom. The van der Waals surface area contributed by atoms with Crippen LogP contribution < -0.4 is 15.4 Å². The number of nitrogens with one attached hydrogen (secondary N) is 2. The molecule has 168 valence electrons. The predicted octanol–water partition coefficient (Wildman–Crippen LogP) is 3.62. The van der Waals surface area contributed by atoms with Crippen molar-refractivity contribution in [3.63, 3.8) is 0 Å². The minimum Gasteiger partial charge on any atom is -0.497 e. The Bertz CT molecular complexity index is 1020. The van der Waals surface area contributed by atoms with Gasteiger partial charge in [-0.2, -0.15) is 0 Å². The second kappa shape index (κ2) is 10.3. The number of anilines is 1. The summed E-state index contributed by atoms with van der Waals surface area (Å²) < 4.78 is 16.7. The van der Waals surface area contributed by atoms with Gasteiger partial charge in [0.2, 0.25) is 0 Å². The van der Waals surface area contributed by atoms with Crippen molar-refractivity contribution in [1.29, 1.82) is 0 Å². The molecular formula is C24H27N3O5. The zero-order chi connectivity index (χ0) is 22.3. The largest absolute Gasteiger partial charge is 0.497 e. The molecule has 2 amide bonds. The fourth-order valence-corrected chi connectivity index (χ4v) is 3.73. The molecule has 1 saturated heterocycles. The van der Waals surface area contributed by atoms with Gasteiger partial charge in [0.15, 0.2) is 5.76 Å². The van der Waals surface area contributed by atoms with Crippen molar-refractivity contribution in [2.75, 3.05) is 19.0 Å². The van der Waals surface area contributed by atoms with Crippen molar-refractivity contribution in [3.8, 4) is 17.1 Å². The molecule has 0 bridgehead atoms. The molecule has 0 aliphatic carbocycles. The summed E-state index contributed by atoms with van der Waals surface area (Å²) >= 11 is 0. The fraction of sp³-hybridized carbons (Fsp3) is 0.333. The van der Waals surface area contributed by atoms with Crippen LogP contribution in [-0.4, -0.2) is 48.3 Å². The van der Waals surface area contributed by atoms with Gasteiger partial charge in [0.05, 0.1) is 25.0 Å². The molecule has 3 aromatic rings. The Balaban J connectivity index is 1.28. The van der Waals surface area contributed by atoms with E-state index in [-0.39, 0.29) is 18.7 Å². The summed E-state index contributed by atoms with van der Waals surface area (Å²) in [4.78, 5) is 12.2. The number of benzene rings is 2. The highest BCUT2D eigenvalue weighted by Gasteiger charge is 2.31. The van der Waals surface area contributed by atoms with Gasteiger partial charge >= 0.3 is 6.03 Å². The Labute approximate surface area is 186 Å². The standard InChI is InChI=1S/C24H27N3O5/c1-30-19-9-5-8-17(12-19)26-24(29)25-15-23-21(28)11-10-20(31-23)13-18-14-22(32-27-18)16-6-3-2-4-7-16/h2-9,12,14,20-21,23,28H,10-11,13,15H2,1H3,(H2,25,26,29)/t20-,21-,23+/m0/s1. The van der Waals surface area contributed by atoms with Crippen LogP contribution >= 0.6 is 0 Å². The van der Waals surface area contributed by atoms with Crippen LogP contribution in [0.25, 0.3) is 11.3 Å². The van der Waals surface area contributed by atoms with Crippen molar-refractivity contribution in [2.45, 2.75) is 37.6 Å². The molecule has 8 nitrogen and oxygen atoms in total. The maximum Gasteiger partial charge on any atom is 0.319 e. The summed E-state index contributed by atoms with van der Waals surface area (Å²) in [6.45, 7) is 0.196. The van der Waals surface area contributed by atoms with E-state index in [0.717, 1.165) is 11.3 Å². The first-order valence-corrected chi connectivity index (χ1v) is 10.6. The first kappa shape index (κ1) is 21.9. The first-order valence-electron chi connectivity index (χ1n) is 10.6. The van der Waals surface area contributed by atoms with Crippen LogP contribution in [0.15, 0.2) is 65.2 Å². The second-order valence-electron chi connectivity index (χ2n) is 7.76. The Kier molecular flexibility index (Phi) is 7.03. The van der Waals surface area contributed by atoms with E-state index in [2.05, 4.69) is 15.8 Å². The number of aliphatic hydroxyl groups excluding tert-OH is 1. The van der Waals surface area contributed by atoms with E-state index < -0.39 is 12.2 Å². The summed E-state index contributed by atoms with van der Waals surface area (Å²) in [5.41, 5.74) is 2.38. The Morgan fingerprint density at radius 1 is 1.16 bits per heavy atom. The van der Waals surface area contributed by atoms with Crippen molar-refractivity contribution in [2.24, 2.45) is 0 Å². The van der Waals surface area contributed by atoms with Crippen molar-refractivity contribution in [3.05, 3.63) is 66.4 Å². The maximum atomic E-state index is 12.2. The number of carbonyl (C=O) groups excluding carboxylic acids is 1. The predicted molar refractivity (Wildman–Crippen MR) is 120 cm³/mol. The number of methoxy groups -OCH3 is 1. The number of urea groups is 1. The maximum absolute atomic E-state index is 12.2. The molecule has 1 aromatic heterocycles. The molecular weight excluding hydrogens is 410 g/mol. The highest BCUT2D eigenvalue weighted by Crippen LogP contribution is 2.25. The summed E-state index contributed by atoms with van der Waals surface area (Å²) in [5.74, 6) is 1.36. The van der Waals surface area contributed by atoms with E-state index in [1.54, 1.807) is 31.4 Å². The quantitative estimate of drug-likeness (QED) is 0.521. The van der Waals surface area contributed by atoms with Crippen LogP contribution in [0.1, 0.15) is 18.5 Å². The van der Waals surface area contributed by atoms with Crippen molar-refractivity contribution < 1.29 is 23.9 Å². The number of nitrogens with zero attached hydrogens (tertiary/aromatic N) is 1. The average Bonchev–Trinajstić information content (AvgIpc) is 3.28. The van der Waals surface area contributed by atoms with E-state index in [4.69, 9.17) is 14.0 Å². The molecule has 0 unspecified atom stereocenters. The van der Waals surface area contributed by atoms with Gasteiger partial charge < -0.3 is 29.7 Å². The summed E-state index contributed by atoms with van der Waals surface area (Å²) in [5, 5.41) is 20.0. The molecule has 0 saturated carbocycles. The zero-order valence-electron chi connectivity index (χ0n) is 17.9. The van der Waals surface area contributed by atoms with E-state index in [9.17, 15) is 9.90 Å². The van der Waals surface area contributed by atoms with Crippen LogP contribution in [0.2, 0.25) is 0 Å². The molecule has 32 heavy (non-hydrogen) atoms. The van der Waals surface area contributed by atoms with Crippen LogP contribution in [-0.2, 0) is 11.2 Å². The highest BCUT2D eigenvalue weighted by molar-refractivity contribution is 5.89. The lowest BCUT2D eigenvalue weighted by atomic mass is 9.98. The van der Waals surface area contributed by atoms with Crippen LogP contribution in [0, 0.1) is 0 Å². The van der Waals surface area contributed by atoms with Crippen molar-refractivity contribution in [1.82, 2.24) is 10.5 Å². The molecule has 1 fully saturated rings. The molecule has 3 atom stereocenters. The minimum absolute atomic E-state index is 0.111. The fourth-order valence-electron chi connectivity index (χ4n) is 3.73. The smallest absolute Gasteiger partial charge is 0.319 e. The van der Waals surface area contributed by atoms with Crippen LogP contribution in [0.5, 0.6) is 5.75 Å². The van der Waals surface area contributed by atoms with E-state index >= 15 is 0 Å². The van der Waals surface area contributed by atoms with Gasteiger partial charge in [-0.15, -0.1) is 0 Å². The molecule has 4 rings (SSSR count). The second-order valence-corrected chi connectivity index (χ2v) is 7.76. The third kappa shape index (κ3) is 5.66. The molecule has 2 aromatic carbocycles. The van der Waals surface area contributed by atoms with Crippen LogP contribution in [0.3, 0.4) is 0 Å². The molecule has 1 aliphatic heterocycles. The van der Waals surface area contributed by atoms with E-state index in [1.807, 2.05) is 36.4 Å². The van der Waals surface area contributed by atoms with Gasteiger partial charge in [0.25, 0.3) is 0 Å². The van der Waals surface area contributed by atoms with Crippen molar-refractivity contribution >= 4 is 11.7 Å². The lowest BCUT2D eigenvalue weighted by Crippen LogP contribution is -2.47. The topological polar surface area (TPSA) is 106 Å². The third-order valence-electron chi connectivity index (χ3n) is 5.43. The number of aliphatic hydroxyl groups is 1. The molecule has 2 heterocycles.